The third-order valence-electron chi connectivity index (χ3n) is 3.50. The van der Waals surface area contributed by atoms with Crippen LogP contribution in [0.25, 0.3) is 0 Å². The predicted octanol–water partition coefficient (Wildman–Crippen LogP) is 2.31. The van der Waals surface area contributed by atoms with Crippen molar-refractivity contribution in [2.75, 3.05) is 33.4 Å². The van der Waals surface area contributed by atoms with Gasteiger partial charge in [0.1, 0.15) is 5.75 Å². The Kier molecular flexibility index (Phi) is 5.85. The van der Waals surface area contributed by atoms with Crippen molar-refractivity contribution in [3.05, 3.63) is 28.8 Å². The number of halogens is 1. The Morgan fingerprint density at radius 3 is 3.00 bits per heavy atom. The first-order valence-corrected chi connectivity index (χ1v) is 7.38. The minimum absolute atomic E-state index is 0.0405. The highest BCUT2D eigenvalue weighted by molar-refractivity contribution is 6.32. The van der Waals surface area contributed by atoms with Gasteiger partial charge in [0.15, 0.2) is 0 Å². The molecule has 2 rings (SSSR count). The van der Waals surface area contributed by atoms with Crippen molar-refractivity contribution in [3.63, 3.8) is 0 Å². The van der Waals surface area contributed by atoms with E-state index in [1.807, 2.05) is 0 Å². The van der Waals surface area contributed by atoms with Crippen LogP contribution < -0.4 is 0 Å². The lowest BCUT2D eigenvalue weighted by molar-refractivity contribution is -0.0172. The van der Waals surface area contributed by atoms with E-state index in [9.17, 15) is 9.90 Å². The van der Waals surface area contributed by atoms with Crippen LogP contribution in [0.15, 0.2) is 18.2 Å². The summed E-state index contributed by atoms with van der Waals surface area (Å²) in [5, 5.41) is 9.84. The monoisotopic (exact) mass is 313 g/mol. The molecule has 0 radical (unpaired) electrons. The van der Waals surface area contributed by atoms with Crippen LogP contribution in [0, 0.1) is 0 Å². The average molecular weight is 314 g/mol. The summed E-state index contributed by atoms with van der Waals surface area (Å²) in [6.07, 6.45) is 1.89. The van der Waals surface area contributed by atoms with E-state index in [4.69, 9.17) is 21.1 Å². The van der Waals surface area contributed by atoms with Gasteiger partial charge in [-0.25, -0.2) is 0 Å². The summed E-state index contributed by atoms with van der Waals surface area (Å²) in [5.74, 6) is -0.186. The molecule has 116 valence electrons. The molecule has 0 aliphatic carbocycles. The number of ether oxygens (including phenoxy) is 2. The number of piperidine rings is 1. The minimum Gasteiger partial charge on any atom is -0.506 e. The zero-order chi connectivity index (χ0) is 15.2. The summed E-state index contributed by atoms with van der Waals surface area (Å²) in [5.41, 5.74) is 0.439. The molecule has 0 bridgehead atoms. The van der Waals surface area contributed by atoms with Crippen molar-refractivity contribution in [1.82, 2.24) is 4.90 Å². The van der Waals surface area contributed by atoms with Crippen LogP contribution in [0.2, 0.25) is 5.02 Å². The van der Waals surface area contributed by atoms with Crippen LogP contribution >= 0.6 is 11.6 Å². The lowest BCUT2D eigenvalue weighted by atomic mass is 10.1. The summed E-state index contributed by atoms with van der Waals surface area (Å²) < 4.78 is 10.6. The first kappa shape index (κ1) is 16.1. The summed E-state index contributed by atoms with van der Waals surface area (Å²) in [6, 6.07) is 4.56. The van der Waals surface area contributed by atoms with Crippen LogP contribution in [0.3, 0.4) is 0 Å². The molecule has 1 aliphatic heterocycles. The summed E-state index contributed by atoms with van der Waals surface area (Å²) in [4.78, 5) is 14.2. The molecule has 1 heterocycles. The highest BCUT2D eigenvalue weighted by Crippen LogP contribution is 2.25. The minimum atomic E-state index is -0.109. The van der Waals surface area contributed by atoms with Crippen molar-refractivity contribution in [2.45, 2.75) is 18.9 Å². The van der Waals surface area contributed by atoms with Crippen molar-refractivity contribution >= 4 is 17.5 Å². The quantitative estimate of drug-likeness (QED) is 0.848. The van der Waals surface area contributed by atoms with Gasteiger partial charge in [0.25, 0.3) is 5.91 Å². The highest BCUT2D eigenvalue weighted by atomic mass is 35.5. The van der Waals surface area contributed by atoms with E-state index in [-0.39, 0.29) is 22.8 Å². The maximum atomic E-state index is 12.4. The molecule has 0 saturated carbocycles. The maximum absolute atomic E-state index is 12.4. The molecule has 6 heteroatoms. The highest BCUT2D eigenvalue weighted by Gasteiger charge is 2.25. The molecule has 1 aromatic rings. The summed E-state index contributed by atoms with van der Waals surface area (Å²) >= 11 is 5.76. The fraction of sp³-hybridized carbons (Fsp3) is 0.533. The summed E-state index contributed by atoms with van der Waals surface area (Å²) in [7, 11) is 1.63. The van der Waals surface area contributed by atoms with Gasteiger partial charge < -0.3 is 19.5 Å². The number of rotatable bonds is 5. The van der Waals surface area contributed by atoms with Crippen LogP contribution in [0.1, 0.15) is 23.2 Å². The molecule has 21 heavy (non-hydrogen) atoms. The number of amides is 1. The number of carbonyl (C=O) groups excluding carboxylic acids is 1. The molecule has 1 unspecified atom stereocenters. The molecule has 1 atom stereocenters. The van der Waals surface area contributed by atoms with Crippen LogP contribution in [0.5, 0.6) is 5.75 Å². The van der Waals surface area contributed by atoms with Crippen LogP contribution in [0.4, 0.5) is 0 Å². The summed E-state index contributed by atoms with van der Waals surface area (Å²) in [6.45, 7) is 2.35. The van der Waals surface area contributed by atoms with Crippen molar-refractivity contribution < 1.29 is 19.4 Å². The lowest BCUT2D eigenvalue weighted by Gasteiger charge is -2.32. The molecule has 1 amide bonds. The molecule has 0 spiro atoms. The van der Waals surface area contributed by atoms with Crippen molar-refractivity contribution in [1.29, 1.82) is 0 Å². The molecule has 1 N–H and O–H groups in total. The molecular weight excluding hydrogens is 294 g/mol. The third kappa shape index (κ3) is 4.33. The van der Waals surface area contributed by atoms with E-state index in [1.54, 1.807) is 18.1 Å². The van der Waals surface area contributed by atoms with Gasteiger partial charge in [-0.3, -0.25) is 4.79 Å². The largest absolute Gasteiger partial charge is 0.506 e. The molecule has 1 aliphatic rings. The van der Waals surface area contributed by atoms with E-state index in [0.717, 1.165) is 12.8 Å². The van der Waals surface area contributed by atoms with Gasteiger partial charge in [0.05, 0.1) is 24.3 Å². The number of hydrogen-bond acceptors (Lipinski definition) is 4. The van der Waals surface area contributed by atoms with E-state index >= 15 is 0 Å². The molecule has 1 aromatic carbocycles. The first-order chi connectivity index (χ1) is 10.1. The van der Waals surface area contributed by atoms with Gasteiger partial charge in [-0.05, 0) is 31.0 Å². The third-order valence-corrected chi connectivity index (χ3v) is 3.82. The molecule has 0 aromatic heterocycles. The van der Waals surface area contributed by atoms with Gasteiger partial charge in [-0.15, -0.1) is 0 Å². The van der Waals surface area contributed by atoms with Gasteiger partial charge in [-0.2, -0.15) is 0 Å². The average Bonchev–Trinajstić information content (AvgIpc) is 2.50. The Bertz CT molecular complexity index is 495. The smallest absolute Gasteiger partial charge is 0.254 e. The van der Waals surface area contributed by atoms with E-state index < -0.39 is 0 Å². The van der Waals surface area contributed by atoms with E-state index in [1.165, 1.54) is 12.1 Å². The number of aromatic hydroxyl groups is 1. The van der Waals surface area contributed by atoms with E-state index in [2.05, 4.69) is 0 Å². The number of phenolic OH excluding ortho intramolecular Hbond substituents is 1. The lowest BCUT2D eigenvalue weighted by Crippen LogP contribution is -2.43. The van der Waals surface area contributed by atoms with Crippen molar-refractivity contribution in [2.24, 2.45) is 0 Å². The van der Waals surface area contributed by atoms with Gasteiger partial charge in [0, 0.05) is 25.8 Å². The van der Waals surface area contributed by atoms with Gasteiger partial charge in [-0.1, -0.05) is 11.6 Å². The first-order valence-electron chi connectivity index (χ1n) is 7.00. The van der Waals surface area contributed by atoms with Crippen LogP contribution in [-0.4, -0.2) is 55.4 Å². The second kappa shape index (κ2) is 7.64. The number of phenols is 1. The Morgan fingerprint density at radius 1 is 1.48 bits per heavy atom. The fourth-order valence-electron chi connectivity index (χ4n) is 2.39. The number of hydrogen-bond donors (Lipinski definition) is 1. The number of likely N-dealkylation sites (tertiary alicyclic amines) is 1. The Balaban J connectivity index is 1.96. The SMILES string of the molecule is COCCOC1CCCN(C(=O)c2ccc(Cl)c(O)c2)C1. The molecular formula is C15H20ClNO4. The Morgan fingerprint density at radius 2 is 2.29 bits per heavy atom. The van der Waals surface area contributed by atoms with Crippen LogP contribution in [-0.2, 0) is 9.47 Å². The molecule has 1 saturated heterocycles. The Hall–Kier alpha value is -1.30. The van der Waals surface area contributed by atoms with Gasteiger partial charge in [0.2, 0.25) is 0 Å². The Labute approximate surface area is 129 Å². The maximum Gasteiger partial charge on any atom is 0.254 e. The van der Waals surface area contributed by atoms with Gasteiger partial charge >= 0.3 is 0 Å². The number of benzene rings is 1. The zero-order valence-electron chi connectivity index (χ0n) is 12.0. The topological polar surface area (TPSA) is 59.0 Å². The van der Waals surface area contributed by atoms with Crippen molar-refractivity contribution in [3.8, 4) is 5.75 Å². The molecule has 1 fully saturated rings. The predicted molar refractivity (Wildman–Crippen MR) is 79.9 cm³/mol. The number of nitrogens with zero attached hydrogens (tertiary/aromatic N) is 1. The van der Waals surface area contributed by atoms with E-state index in [0.29, 0.717) is 31.9 Å². The fourth-order valence-corrected chi connectivity index (χ4v) is 2.50. The zero-order valence-corrected chi connectivity index (χ0v) is 12.8. The molecule has 5 nitrogen and oxygen atoms in total. The second-order valence-electron chi connectivity index (χ2n) is 5.05. The number of methoxy groups -OCH3 is 1. The number of carbonyl (C=O) groups is 1. The normalized spacial score (nSPS) is 18.8. The standard InChI is InChI=1S/C15H20ClNO4/c1-20-7-8-21-12-3-2-6-17(10-12)15(19)11-4-5-13(16)14(18)9-11/h4-5,9,12,18H,2-3,6-8,10H2,1H3. The second-order valence-corrected chi connectivity index (χ2v) is 5.45.